The number of carbonyl (C=O) groups is 2. The predicted molar refractivity (Wildman–Crippen MR) is 89.8 cm³/mol. The Morgan fingerprint density at radius 3 is 2.96 bits per heavy atom. The molecule has 2 heterocycles. The van der Waals surface area contributed by atoms with Crippen LogP contribution in [0, 0.1) is 5.82 Å². The van der Waals surface area contributed by atoms with Crippen LogP contribution in [0.5, 0.6) is 0 Å². The van der Waals surface area contributed by atoms with Gasteiger partial charge in [-0.25, -0.2) is 14.2 Å². The minimum absolute atomic E-state index is 0.00598. The van der Waals surface area contributed by atoms with Crippen molar-refractivity contribution in [3.8, 4) is 10.6 Å². The highest BCUT2D eigenvalue weighted by Crippen LogP contribution is 2.26. The normalized spacial score (nSPS) is 20.0. The van der Waals surface area contributed by atoms with Crippen LogP contribution < -0.4 is 0 Å². The van der Waals surface area contributed by atoms with Crippen LogP contribution in [0.15, 0.2) is 29.6 Å². The van der Waals surface area contributed by atoms with Crippen LogP contribution in [0.1, 0.15) is 12.1 Å². The Morgan fingerprint density at radius 2 is 2.28 bits per heavy atom. The number of rotatable bonds is 5. The first-order chi connectivity index (χ1) is 12.0. The second-order valence-corrected chi connectivity index (χ2v) is 6.68. The number of aromatic nitrogens is 1. The molecule has 132 valence electrons. The molecule has 1 aliphatic heterocycles. The molecule has 1 aromatic heterocycles. The molecule has 2 aromatic rings. The number of ether oxygens (including phenoxy) is 1. The van der Waals surface area contributed by atoms with E-state index in [-0.39, 0.29) is 37.2 Å². The van der Waals surface area contributed by atoms with Crippen molar-refractivity contribution in [2.75, 3.05) is 13.7 Å². The molecule has 6 nitrogen and oxygen atoms in total. The second kappa shape index (κ2) is 7.28. The number of carboxylic acid groups (broad SMARTS) is 1. The largest absolute Gasteiger partial charge is 0.480 e. The molecule has 0 radical (unpaired) electrons. The SMILES string of the molecule is COC1CC(C(=O)O)N(C(=O)Cc2csc(-c3cccc(F)c3)n2)C1. The average Bonchev–Trinajstić information content (AvgIpc) is 3.21. The molecule has 0 spiro atoms. The molecular formula is C17H17FN2O4S. The lowest BCUT2D eigenvalue weighted by molar-refractivity contribution is -0.148. The van der Waals surface area contributed by atoms with E-state index in [4.69, 9.17) is 4.74 Å². The summed E-state index contributed by atoms with van der Waals surface area (Å²) in [6.45, 7) is 0.257. The lowest BCUT2D eigenvalue weighted by atomic mass is 10.2. The Kier molecular flexibility index (Phi) is 5.10. The summed E-state index contributed by atoms with van der Waals surface area (Å²) in [5, 5.41) is 11.6. The van der Waals surface area contributed by atoms with Gasteiger partial charge in [-0.2, -0.15) is 0 Å². The number of nitrogens with zero attached hydrogens (tertiary/aromatic N) is 2. The van der Waals surface area contributed by atoms with Crippen LogP contribution in [-0.4, -0.2) is 52.7 Å². The zero-order chi connectivity index (χ0) is 18.0. The van der Waals surface area contributed by atoms with Crippen molar-refractivity contribution >= 4 is 23.2 Å². The molecule has 1 amide bonds. The monoisotopic (exact) mass is 364 g/mol. The number of carbonyl (C=O) groups excluding carboxylic acids is 1. The minimum Gasteiger partial charge on any atom is -0.480 e. The summed E-state index contributed by atoms with van der Waals surface area (Å²) in [6, 6.07) is 5.21. The maximum absolute atomic E-state index is 13.3. The van der Waals surface area contributed by atoms with E-state index < -0.39 is 12.0 Å². The van der Waals surface area contributed by atoms with Gasteiger partial charge in [0.2, 0.25) is 5.91 Å². The number of carboxylic acids is 1. The first kappa shape index (κ1) is 17.5. The van der Waals surface area contributed by atoms with E-state index in [1.165, 1.54) is 35.5 Å². The van der Waals surface area contributed by atoms with Crippen LogP contribution >= 0.6 is 11.3 Å². The van der Waals surface area contributed by atoms with Gasteiger partial charge in [0.15, 0.2) is 0 Å². The fourth-order valence-electron chi connectivity index (χ4n) is 2.88. The highest BCUT2D eigenvalue weighted by Gasteiger charge is 2.39. The number of benzene rings is 1. The molecule has 1 N–H and O–H groups in total. The van der Waals surface area contributed by atoms with Crippen molar-refractivity contribution < 1.29 is 23.8 Å². The van der Waals surface area contributed by atoms with Crippen molar-refractivity contribution in [3.63, 3.8) is 0 Å². The van der Waals surface area contributed by atoms with Crippen molar-refractivity contribution in [2.24, 2.45) is 0 Å². The Hall–Kier alpha value is -2.32. The number of methoxy groups -OCH3 is 1. The zero-order valence-corrected chi connectivity index (χ0v) is 14.3. The van der Waals surface area contributed by atoms with Crippen molar-refractivity contribution in [1.29, 1.82) is 0 Å². The Morgan fingerprint density at radius 1 is 1.48 bits per heavy atom. The van der Waals surface area contributed by atoms with E-state index in [9.17, 15) is 19.1 Å². The molecule has 2 atom stereocenters. The fourth-order valence-corrected chi connectivity index (χ4v) is 3.69. The number of likely N-dealkylation sites (tertiary alicyclic amines) is 1. The predicted octanol–water partition coefficient (Wildman–Crippen LogP) is 2.19. The maximum Gasteiger partial charge on any atom is 0.326 e. The van der Waals surface area contributed by atoms with Crippen molar-refractivity contribution in [3.05, 3.63) is 41.2 Å². The van der Waals surface area contributed by atoms with Crippen LogP contribution in [-0.2, 0) is 20.7 Å². The van der Waals surface area contributed by atoms with Gasteiger partial charge in [-0.3, -0.25) is 4.79 Å². The van der Waals surface area contributed by atoms with Crippen LogP contribution in [0.25, 0.3) is 10.6 Å². The highest BCUT2D eigenvalue weighted by molar-refractivity contribution is 7.13. The molecule has 1 fully saturated rings. The van der Waals surface area contributed by atoms with Crippen LogP contribution in [0.3, 0.4) is 0 Å². The molecule has 1 saturated heterocycles. The summed E-state index contributed by atoms with van der Waals surface area (Å²) in [5.41, 5.74) is 1.19. The van der Waals surface area contributed by atoms with E-state index in [0.717, 1.165) is 0 Å². The number of aliphatic carboxylic acids is 1. The van der Waals surface area contributed by atoms with E-state index in [1.807, 2.05) is 0 Å². The van der Waals surface area contributed by atoms with Crippen LogP contribution in [0.2, 0.25) is 0 Å². The summed E-state index contributed by atoms with van der Waals surface area (Å²) in [7, 11) is 1.50. The van der Waals surface area contributed by atoms with Gasteiger partial charge >= 0.3 is 5.97 Å². The minimum atomic E-state index is -1.04. The fraction of sp³-hybridized carbons (Fsp3) is 0.353. The molecule has 2 unspecified atom stereocenters. The van der Waals surface area contributed by atoms with Gasteiger partial charge in [-0.15, -0.1) is 11.3 Å². The first-order valence-electron chi connectivity index (χ1n) is 7.73. The smallest absolute Gasteiger partial charge is 0.326 e. The lowest BCUT2D eigenvalue weighted by Gasteiger charge is -2.20. The lowest BCUT2D eigenvalue weighted by Crippen LogP contribution is -2.41. The number of hydrogen-bond acceptors (Lipinski definition) is 5. The van der Waals surface area contributed by atoms with Gasteiger partial charge in [0.1, 0.15) is 16.9 Å². The van der Waals surface area contributed by atoms with Gasteiger partial charge in [-0.1, -0.05) is 12.1 Å². The van der Waals surface area contributed by atoms with E-state index in [0.29, 0.717) is 16.3 Å². The highest BCUT2D eigenvalue weighted by atomic mass is 32.1. The van der Waals surface area contributed by atoms with E-state index in [1.54, 1.807) is 17.5 Å². The van der Waals surface area contributed by atoms with E-state index in [2.05, 4.69) is 4.98 Å². The molecule has 0 saturated carbocycles. The van der Waals surface area contributed by atoms with Gasteiger partial charge in [0.05, 0.1) is 18.2 Å². The third-order valence-corrected chi connectivity index (χ3v) is 5.10. The number of amides is 1. The third kappa shape index (κ3) is 3.85. The molecule has 25 heavy (non-hydrogen) atoms. The summed E-state index contributed by atoms with van der Waals surface area (Å²) < 4.78 is 18.5. The standard InChI is InChI=1S/C17H17FN2O4S/c1-24-13-7-14(17(22)23)20(8-13)15(21)6-12-9-25-16(19-12)10-3-2-4-11(18)5-10/h2-5,9,13-14H,6-8H2,1H3,(H,22,23). The van der Waals surface area contributed by atoms with Gasteiger partial charge in [0.25, 0.3) is 0 Å². The van der Waals surface area contributed by atoms with E-state index >= 15 is 0 Å². The molecule has 1 aromatic carbocycles. The molecule has 3 rings (SSSR count). The second-order valence-electron chi connectivity index (χ2n) is 5.82. The summed E-state index contributed by atoms with van der Waals surface area (Å²) in [6.07, 6.45) is 0.0122. The Bertz CT molecular complexity index is 794. The number of hydrogen-bond donors (Lipinski definition) is 1. The molecule has 8 heteroatoms. The summed E-state index contributed by atoms with van der Waals surface area (Å²) in [4.78, 5) is 29.6. The van der Waals surface area contributed by atoms with Crippen molar-refractivity contribution in [2.45, 2.75) is 25.0 Å². The van der Waals surface area contributed by atoms with Gasteiger partial charge in [-0.05, 0) is 12.1 Å². The molecule has 0 aliphatic carbocycles. The quantitative estimate of drug-likeness (QED) is 0.880. The summed E-state index contributed by atoms with van der Waals surface area (Å²) in [5.74, 6) is -1.69. The Balaban J connectivity index is 1.72. The van der Waals surface area contributed by atoms with Gasteiger partial charge in [0, 0.05) is 31.0 Å². The Labute approximate surface area is 147 Å². The first-order valence-corrected chi connectivity index (χ1v) is 8.61. The average molecular weight is 364 g/mol. The van der Waals surface area contributed by atoms with Crippen LogP contribution in [0.4, 0.5) is 4.39 Å². The number of thiazole rings is 1. The zero-order valence-electron chi connectivity index (χ0n) is 13.5. The molecular weight excluding hydrogens is 347 g/mol. The maximum atomic E-state index is 13.3. The molecule has 1 aliphatic rings. The topological polar surface area (TPSA) is 79.7 Å². The van der Waals surface area contributed by atoms with Crippen molar-refractivity contribution in [1.82, 2.24) is 9.88 Å². The molecule has 0 bridgehead atoms. The third-order valence-electron chi connectivity index (χ3n) is 4.16. The summed E-state index contributed by atoms with van der Waals surface area (Å²) >= 11 is 1.32. The van der Waals surface area contributed by atoms with Gasteiger partial charge < -0.3 is 14.7 Å². The number of halogens is 1.